The monoisotopic (exact) mass is 337 g/mol. The number of anilines is 1. The predicted octanol–water partition coefficient (Wildman–Crippen LogP) is 3.51. The Balaban J connectivity index is 1.51. The van der Waals surface area contributed by atoms with E-state index in [1.165, 1.54) is 6.42 Å². The lowest BCUT2D eigenvalue weighted by Gasteiger charge is -2.26. The largest absolute Gasteiger partial charge is 0.508 e. The van der Waals surface area contributed by atoms with E-state index in [9.17, 15) is 9.90 Å². The maximum Gasteiger partial charge on any atom is 0.272 e. The van der Waals surface area contributed by atoms with Gasteiger partial charge in [-0.3, -0.25) is 9.78 Å². The van der Waals surface area contributed by atoms with Crippen LogP contribution in [0.25, 0.3) is 0 Å². The number of rotatable bonds is 3. The van der Waals surface area contributed by atoms with Crippen molar-refractivity contribution in [3.8, 4) is 5.75 Å². The quantitative estimate of drug-likeness (QED) is 0.899. The standard InChI is InChI=1S/C20H23N3O2/c24-19-6-4-5-15-16(19)7-8-17(15)22-14-9-10-21-18(13-14)20(25)23-11-2-1-3-12-23/h4-6,9-10,13,17,24H,1-3,7-8,11-12H2,(H,21,22). The van der Waals surface area contributed by atoms with Crippen molar-refractivity contribution in [2.75, 3.05) is 18.4 Å². The Labute approximate surface area is 147 Å². The van der Waals surface area contributed by atoms with Gasteiger partial charge in [-0.05, 0) is 61.4 Å². The van der Waals surface area contributed by atoms with Gasteiger partial charge < -0.3 is 15.3 Å². The summed E-state index contributed by atoms with van der Waals surface area (Å²) in [4.78, 5) is 18.8. The Bertz CT molecular complexity index is 784. The number of fused-ring (bicyclic) bond motifs is 1. The summed E-state index contributed by atoms with van der Waals surface area (Å²) in [6.45, 7) is 1.65. The number of phenolic OH excluding ortho intramolecular Hbond substituents is 1. The minimum atomic E-state index is 0.0211. The zero-order valence-corrected chi connectivity index (χ0v) is 14.2. The van der Waals surface area contributed by atoms with Crippen LogP contribution >= 0.6 is 0 Å². The van der Waals surface area contributed by atoms with Crippen molar-refractivity contribution < 1.29 is 9.90 Å². The van der Waals surface area contributed by atoms with Crippen LogP contribution in [0.5, 0.6) is 5.75 Å². The van der Waals surface area contributed by atoms with E-state index < -0.39 is 0 Å². The minimum absolute atomic E-state index is 0.0211. The van der Waals surface area contributed by atoms with Gasteiger partial charge in [-0.25, -0.2) is 0 Å². The molecule has 0 bridgehead atoms. The highest BCUT2D eigenvalue weighted by molar-refractivity contribution is 5.93. The lowest BCUT2D eigenvalue weighted by atomic mass is 10.1. The number of likely N-dealkylation sites (tertiary alicyclic amines) is 1. The molecule has 2 aromatic rings. The van der Waals surface area contributed by atoms with Crippen molar-refractivity contribution in [3.05, 3.63) is 53.3 Å². The smallest absolute Gasteiger partial charge is 0.272 e. The molecule has 130 valence electrons. The first-order valence-corrected chi connectivity index (χ1v) is 9.05. The Morgan fingerprint density at radius 3 is 2.88 bits per heavy atom. The number of aromatic nitrogens is 1. The molecular weight excluding hydrogens is 314 g/mol. The minimum Gasteiger partial charge on any atom is -0.508 e. The molecule has 1 amide bonds. The van der Waals surface area contributed by atoms with Crippen molar-refractivity contribution in [2.24, 2.45) is 0 Å². The van der Waals surface area contributed by atoms with E-state index in [4.69, 9.17) is 0 Å². The van der Waals surface area contributed by atoms with Crippen molar-refractivity contribution in [1.29, 1.82) is 0 Å². The van der Waals surface area contributed by atoms with E-state index in [2.05, 4.69) is 16.4 Å². The van der Waals surface area contributed by atoms with E-state index in [0.29, 0.717) is 11.4 Å². The van der Waals surface area contributed by atoms with Gasteiger partial charge in [0.05, 0.1) is 6.04 Å². The summed E-state index contributed by atoms with van der Waals surface area (Å²) in [6.07, 6.45) is 6.84. The molecule has 1 fully saturated rings. The van der Waals surface area contributed by atoms with E-state index in [-0.39, 0.29) is 11.9 Å². The molecule has 0 radical (unpaired) electrons. The van der Waals surface area contributed by atoms with Gasteiger partial charge in [0.15, 0.2) is 0 Å². The molecule has 1 aromatic carbocycles. The van der Waals surface area contributed by atoms with Crippen LogP contribution in [-0.2, 0) is 6.42 Å². The second kappa shape index (κ2) is 6.75. The third-order valence-corrected chi connectivity index (χ3v) is 5.21. The van der Waals surface area contributed by atoms with E-state index in [0.717, 1.165) is 55.6 Å². The molecule has 1 aliphatic carbocycles. The number of benzene rings is 1. The number of hydrogen-bond donors (Lipinski definition) is 2. The fourth-order valence-corrected chi connectivity index (χ4v) is 3.88. The maximum atomic E-state index is 12.6. The summed E-state index contributed by atoms with van der Waals surface area (Å²) in [6, 6.07) is 9.57. The van der Waals surface area contributed by atoms with E-state index in [1.807, 2.05) is 23.1 Å². The highest BCUT2D eigenvalue weighted by Gasteiger charge is 2.25. The van der Waals surface area contributed by atoms with Crippen molar-refractivity contribution in [1.82, 2.24) is 9.88 Å². The summed E-state index contributed by atoms with van der Waals surface area (Å²) in [5, 5.41) is 13.5. The van der Waals surface area contributed by atoms with Gasteiger partial charge in [-0.15, -0.1) is 0 Å². The summed E-state index contributed by atoms with van der Waals surface area (Å²) in [7, 11) is 0. The van der Waals surface area contributed by atoms with E-state index in [1.54, 1.807) is 12.3 Å². The molecule has 2 aliphatic rings. The summed E-state index contributed by atoms with van der Waals surface area (Å²) >= 11 is 0. The average molecular weight is 337 g/mol. The molecule has 2 heterocycles. The number of amides is 1. The van der Waals surface area contributed by atoms with Crippen molar-refractivity contribution in [3.63, 3.8) is 0 Å². The van der Waals surface area contributed by atoms with Crippen molar-refractivity contribution in [2.45, 2.75) is 38.1 Å². The van der Waals surface area contributed by atoms with Gasteiger partial charge in [0.25, 0.3) is 5.91 Å². The summed E-state index contributed by atoms with van der Waals surface area (Å²) < 4.78 is 0. The molecule has 25 heavy (non-hydrogen) atoms. The molecule has 0 spiro atoms. The van der Waals surface area contributed by atoms with Crippen LogP contribution in [0.3, 0.4) is 0 Å². The van der Waals surface area contributed by atoms with Gasteiger partial charge in [-0.2, -0.15) is 0 Å². The zero-order chi connectivity index (χ0) is 17.2. The Morgan fingerprint density at radius 2 is 2.04 bits per heavy atom. The lowest BCUT2D eigenvalue weighted by Crippen LogP contribution is -2.36. The number of hydrogen-bond acceptors (Lipinski definition) is 4. The molecule has 5 heteroatoms. The van der Waals surface area contributed by atoms with Gasteiger partial charge >= 0.3 is 0 Å². The molecule has 4 rings (SSSR count). The van der Waals surface area contributed by atoms with Gasteiger partial charge in [0.1, 0.15) is 11.4 Å². The molecule has 0 saturated carbocycles. The number of carbonyl (C=O) groups is 1. The SMILES string of the molecule is O=C(c1cc(NC2CCc3c(O)cccc32)ccn1)N1CCCCC1. The topological polar surface area (TPSA) is 65.5 Å². The van der Waals surface area contributed by atoms with Crippen LogP contribution in [0.2, 0.25) is 0 Å². The van der Waals surface area contributed by atoms with Crippen molar-refractivity contribution >= 4 is 11.6 Å². The number of pyridine rings is 1. The molecule has 1 aliphatic heterocycles. The number of aromatic hydroxyl groups is 1. The Hall–Kier alpha value is -2.56. The Morgan fingerprint density at radius 1 is 1.20 bits per heavy atom. The molecule has 2 N–H and O–H groups in total. The highest BCUT2D eigenvalue weighted by atomic mass is 16.3. The number of nitrogens with zero attached hydrogens (tertiary/aromatic N) is 2. The van der Waals surface area contributed by atoms with Crippen LogP contribution in [0.4, 0.5) is 5.69 Å². The van der Waals surface area contributed by atoms with Gasteiger partial charge in [-0.1, -0.05) is 12.1 Å². The second-order valence-electron chi connectivity index (χ2n) is 6.86. The molecular formula is C20H23N3O2. The number of phenols is 1. The van der Waals surface area contributed by atoms with Crippen LogP contribution < -0.4 is 5.32 Å². The van der Waals surface area contributed by atoms with Crippen LogP contribution in [0.1, 0.15) is 53.3 Å². The molecule has 1 aromatic heterocycles. The van der Waals surface area contributed by atoms with Crippen LogP contribution in [-0.4, -0.2) is 34.0 Å². The maximum absolute atomic E-state index is 12.6. The zero-order valence-electron chi connectivity index (χ0n) is 14.2. The third kappa shape index (κ3) is 3.18. The summed E-state index contributed by atoms with van der Waals surface area (Å²) in [5.74, 6) is 0.394. The first-order valence-electron chi connectivity index (χ1n) is 9.05. The summed E-state index contributed by atoms with van der Waals surface area (Å²) in [5.41, 5.74) is 3.57. The number of nitrogens with one attached hydrogen (secondary N) is 1. The fourth-order valence-electron chi connectivity index (χ4n) is 3.88. The molecule has 1 unspecified atom stereocenters. The predicted molar refractivity (Wildman–Crippen MR) is 96.8 cm³/mol. The first kappa shape index (κ1) is 15.9. The average Bonchev–Trinajstić information content (AvgIpc) is 3.06. The van der Waals surface area contributed by atoms with Gasteiger partial charge in [0, 0.05) is 25.0 Å². The Kier molecular flexibility index (Phi) is 4.30. The second-order valence-corrected chi connectivity index (χ2v) is 6.86. The van der Waals surface area contributed by atoms with Crippen LogP contribution in [0.15, 0.2) is 36.5 Å². The molecule has 1 saturated heterocycles. The molecule has 1 atom stereocenters. The number of carbonyl (C=O) groups excluding carboxylic acids is 1. The first-order chi connectivity index (χ1) is 12.2. The normalized spacial score (nSPS) is 19.5. The van der Waals surface area contributed by atoms with E-state index >= 15 is 0 Å². The van der Waals surface area contributed by atoms with Gasteiger partial charge in [0.2, 0.25) is 0 Å². The lowest BCUT2D eigenvalue weighted by molar-refractivity contribution is 0.0718. The molecule has 5 nitrogen and oxygen atoms in total. The highest BCUT2D eigenvalue weighted by Crippen LogP contribution is 2.38. The number of piperidine rings is 1. The van der Waals surface area contributed by atoms with Crippen LogP contribution in [0, 0.1) is 0 Å². The fraction of sp³-hybridized carbons (Fsp3) is 0.400. The third-order valence-electron chi connectivity index (χ3n) is 5.21.